The second-order valence-electron chi connectivity index (χ2n) is 10.8. The summed E-state index contributed by atoms with van der Waals surface area (Å²) in [5, 5.41) is 12.0. The van der Waals surface area contributed by atoms with E-state index in [1.807, 2.05) is 0 Å². The van der Waals surface area contributed by atoms with Crippen LogP contribution in [0, 0.1) is 0 Å². The molecule has 2 bridgehead atoms. The van der Waals surface area contributed by atoms with Crippen LogP contribution < -0.4 is 0 Å². The maximum absolute atomic E-state index is 12.0. The van der Waals surface area contributed by atoms with Crippen LogP contribution in [0.1, 0.15) is 68.2 Å². The van der Waals surface area contributed by atoms with Gasteiger partial charge in [-0.2, -0.15) is 0 Å². The highest BCUT2D eigenvalue weighted by Crippen LogP contribution is 2.51. The van der Waals surface area contributed by atoms with Gasteiger partial charge in [-0.05, 0) is 59.1 Å². The van der Waals surface area contributed by atoms with Gasteiger partial charge in [-0.25, -0.2) is 0 Å². The van der Waals surface area contributed by atoms with E-state index in [1.54, 1.807) is 0 Å². The van der Waals surface area contributed by atoms with E-state index in [0.717, 1.165) is 24.9 Å². The highest BCUT2D eigenvalue weighted by atomic mass is 16.3. The lowest BCUT2D eigenvalue weighted by Crippen LogP contribution is -2.56. The van der Waals surface area contributed by atoms with Crippen molar-refractivity contribution in [3.63, 3.8) is 0 Å². The second kappa shape index (κ2) is 7.30. The van der Waals surface area contributed by atoms with Gasteiger partial charge in [-0.15, -0.1) is 0 Å². The third-order valence-electron chi connectivity index (χ3n) is 8.49. The minimum atomic E-state index is -0.733. The molecule has 3 aliphatic rings. The zero-order valence-corrected chi connectivity index (χ0v) is 19.2. The van der Waals surface area contributed by atoms with Gasteiger partial charge in [-0.1, -0.05) is 93.1 Å². The molecule has 0 saturated carbocycles. The molecule has 2 saturated heterocycles. The monoisotopic (exact) mass is 423 g/mol. The molecule has 1 aliphatic carbocycles. The number of nitrogens with zero attached hydrogens (tertiary/aromatic N) is 1. The van der Waals surface area contributed by atoms with Crippen molar-refractivity contribution in [1.82, 2.24) is 4.90 Å². The van der Waals surface area contributed by atoms with E-state index in [1.165, 1.54) is 47.1 Å². The highest BCUT2D eigenvalue weighted by Gasteiger charge is 2.47. The Morgan fingerprint density at radius 2 is 1.47 bits per heavy atom. The summed E-state index contributed by atoms with van der Waals surface area (Å²) in [6, 6.07) is 27.3. The quantitative estimate of drug-likeness (QED) is 0.527. The van der Waals surface area contributed by atoms with Crippen molar-refractivity contribution in [2.24, 2.45) is 0 Å². The maximum Gasteiger partial charge on any atom is 0.0926 e. The van der Waals surface area contributed by atoms with E-state index in [4.69, 9.17) is 0 Å². The first-order valence-corrected chi connectivity index (χ1v) is 12.2. The topological polar surface area (TPSA) is 23.5 Å². The minimum Gasteiger partial charge on any atom is -0.385 e. The number of hydrogen-bond acceptors (Lipinski definition) is 2. The van der Waals surface area contributed by atoms with Crippen LogP contribution in [0.15, 0.2) is 72.8 Å². The highest BCUT2D eigenvalue weighted by molar-refractivity contribution is 5.81. The molecule has 2 atom stereocenters. The van der Waals surface area contributed by atoms with Crippen molar-refractivity contribution in [1.29, 1.82) is 0 Å². The fraction of sp³-hybridized carbons (Fsp3) is 0.400. The van der Waals surface area contributed by atoms with Crippen molar-refractivity contribution in [3.05, 3.63) is 95.1 Å². The summed E-state index contributed by atoms with van der Waals surface area (Å²) in [4.78, 5) is 2.68. The lowest BCUT2D eigenvalue weighted by molar-refractivity contribution is -0.0999. The molecule has 2 unspecified atom stereocenters. The molecule has 32 heavy (non-hydrogen) atoms. The second-order valence-corrected chi connectivity index (χ2v) is 10.8. The molecule has 2 fully saturated rings. The number of rotatable bonds is 3. The fourth-order valence-electron chi connectivity index (χ4n) is 6.80. The summed E-state index contributed by atoms with van der Waals surface area (Å²) < 4.78 is 0. The van der Waals surface area contributed by atoms with E-state index >= 15 is 0 Å². The van der Waals surface area contributed by atoms with Crippen molar-refractivity contribution in [3.8, 4) is 11.1 Å². The van der Waals surface area contributed by atoms with Crippen molar-refractivity contribution < 1.29 is 5.11 Å². The van der Waals surface area contributed by atoms with Crippen LogP contribution in [-0.4, -0.2) is 22.1 Å². The van der Waals surface area contributed by atoms with Gasteiger partial charge in [0.1, 0.15) is 0 Å². The third-order valence-corrected chi connectivity index (χ3v) is 8.49. The Morgan fingerprint density at radius 1 is 0.812 bits per heavy atom. The van der Waals surface area contributed by atoms with Crippen molar-refractivity contribution in [2.75, 3.05) is 0 Å². The molecular formula is C30H33NO. The summed E-state index contributed by atoms with van der Waals surface area (Å²) >= 11 is 0. The lowest BCUT2D eigenvalue weighted by Gasteiger charge is -2.52. The van der Waals surface area contributed by atoms with E-state index < -0.39 is 5.60 Å². The molecule has 3 aromatic carbocycles. The molecular weight excluding hydrogens is 390 g/mol. The standard InChI is InChI=1S/C30H33NO/c1-29(2)27-14-7-6-13-25(27)26-16-15-22(17-28(26)29)30(32)18-23-11-8-12-24(19-30)31(23)20-21-9-4-3-5-10-21/h3-7,9-10,13-17,23-24,32H,8,11-12,18-20H2,1-2H3. The van der Waals surface area contributed by atoms with Crippen LogP contribution in [0.2, 0.25) is 0 Å². The van der Waals surface area contributed by atoms with Crippen LogP contribution in [0.5, 0.6) is 0 Å². The molecule has 2 aliphatic heterocycles. The van der Waals surface area contributed by atoms with Crippen LogP contribution in [0.25, 0.3) is 11.1 Å². The molecule has 164 valence electrons. The van der Waals surface area contributed by atoms with Gasteiger partial charge in [0.25, 0.3) is 0 Å². The average Bonchev–Trinajstić information content (AvgIpc) is 3.02. The van der Waals surface area contributed by atoms with Gasteiger partial charge >= 0.3 is 0 Å². The lowest BCUT2D eigenvalue weighted by atomic mass is 9.71. The molecule has 1 N–H and O–H groups in total. The maximum atomic E-state index is 12.0. The first kappa shape index (κ1) is 20.2. The zero-order valence-electron chi connectivity index (χ0n) is 19.2. The molecule has 2 nitrogen and oxygen atoms in total. The number of hydrogen-bond donors (Lipinski definition) is 1. The Labute approximate surface area is 191 Å². The smallest absolute Gasteiger partial charge is 0.0926 e. The number of piperidine rings is 2. The molecule has 0 amide bonds. The minimum absolute atomic E-state index is 0.0256. The van der Waals surface area contributed by atoms with Gasteiger partial charge < -0.3 is 5.11 Å². The summed E-state index contributed by atoms with van der Waals surface area (Å²) in [7, 11) is 0. The van der Waals surface area contributed by atoms with Crippen molar-refractivity contribution >= 4 is 0 Å². The molecule has 6 rings (SSSR count). The largest absolute Gasteiger partial charge is 0.385 e. The Morgan fingerprint density at radius 3 is 2.22 bits per heavy atom. The van der Waals surface area contributed by atoms with E-state index in [2.05, 4.69) is 91.5 Å². The Bertz CT molecular complexity index is 1130. The first-order chi connectivity index (χ1) is 15.5. The van der Waals surface area contributed by atoms with Crippen LogP contribution in [0.3, 0.4) is 0 Å². The predicted molar refractivity (Wildman–Crippen MR) is 131 cm³/mol. The SMILES string of the molecule is CC1(C)c2ccccc2-c2ccc(C3(O)CC4CCCC(C3)N4Cc3ccccc3)cc21. The summed E-state index contributed by atoms with van der Waals surface area (Å²) in [5.41, 5.74) is 7.18. The van der Waals surface area contributed by atoms with Gasteiger partial charge in [0.15, 0.2) is 0 Å². The molecule has 2 heterocycles. The van der Waals surface area contributed by atoms with Gasteiger partial charge in [0, 0.05) is 24.0 Å². The van der Waals surface area contributed by atoms with Crippen LogP contribution in [0.4, 0.5) is 0 Å². The van der Waals surface area contributed by atoms with E-state index in [0.29, 0.717) is 12.1 Å². The zero-order chi connectivity index (χ0) is 21.9. The predicted octanol–water partition coefficient (Wildman–Crippen LogP) is 6.40. The van der Waals surface area contributed by atoms with Crippen LogP contribution in [-0.2, 0) is 17.6 Å². The fourth-order valence-corrected chi connectivity index (χ4v) is 6.80. The molecule has 0 radical (unpaired) electrons. The van der Waals surface area contributed by atoms with E-state index in [9.17, 15) is 5.11 Å². The summed E-state index contributed by atoms with van der Waals surface area (Å²) in [5.74, 6) is 0. The van der Waals surface area contributed by atoms with Gasteiger partial charge in [0.05, 0.1) is 5.60 Å². The Balaban J connectivity index is 1.33. The average molecular weight is 424 g/mol. The summed E-state index contributed by atoms with van der Waals surface area (Å²) in [6.45, 7) is 5.64. The number of fused-ring (bicyclic) bond motifs is 5. The third kappa shape index (κ3) is 3.08. The number of benzene rings is 3. The first-order valence-electron chi connectivity index (χ1n) is 12.2. The number of aliphatic hydroxyl groups is 1. The van der Waals surface area contributed by atoms with Gasteiger partial charge in [-0.3, -0.25) is 4.90 Å². The Kier molecular flexibility index (Phi) is 4.61. The molecule has 0 spiro atoms. The molecule has 0 aromatic heterocycles. The van der Waals surface area contributed by atoms with Crippen LogP contribution >= 0.6 is 0 Å². The summed E-state index contributed by atoms with van der Waals surface area (Å²) in [6.07, 6.45) is 5.33. The Hall–Kier alpha value is -2.42. The van der Waals surface area contributed by atoms with Gasteiger partial charge in [0.2, 0.25) is 0 Å². The van der Waals surface area contributed by atoms with Crippen molar-refractivity contribution in [2.45, 2.75) is 75.6 Å². The van der Waals surface area contributed by atoms with E-state index in [-0.39, 0.29) is 5.41 Å². The normalized spacial score (nSPS) is 28.2. The molecule has 3 aromatic rings. The molecule has 2 heteroatoms.